The maximum atomic E-state index is 12.7. The minimum absolute atomic E-state index is 0.0312. The number of carbonyl (C=O) groups excluding carboxylic acids is 1. The molecule has 0 fully saturated rings. The lowest BCUT2D eigenvalue weighted by Gasteiger charge is -2.34. The Hall–Kier alpha value is -3.25. The van der Waals surface area contributed by atoms with Crippen LogP contribution in [0.15, 0.2) is 65.3 Å². The fraction of sp³-hybridized carbons (Fsp3) is 0.261. The zero-order valence-corrected chi connectivity index (χ0v) is 16.0. The predicted molar refractivity (Wildman–Crippen MR) is 107 cm³/mol. The monoisotopic (exact) mass is 390 g/mol. The van der Waals surface area contributed by atoms with Crippen LogP contribution in [0.2, 0.25) is 0 Å². The fourth-order valence-electron chi connectivity index (χ4n) is 4.00. The van der Waals surface area contributed by atoms with Gasteiger partial charge in [0.2, 0.25) is 6.79 Å². The van der Waals surface area contributed by atoms with Crippen molar-refractivity contribution in [3.05, 3.63) is 83.3 Å². The lowest BCUT2D eigenvalue weighted by Crippen LogP contribution is -2.40. The van der Waals surface area contributed by atoms with Gasteiger partial charge in [0.05, 0.1) is 12.3 Å². The summed E-state index contributed by atoms with van der Waals surface area (Å²) in [6.07, 6.45) is 2.67. The van der Waals surface area contributed by atoms with Gasteiger partial charge in [-0.2, -0.15) is 0 Å². The Labute approximate surface area is 169 Å². The molecule has 5 rings (SSSR count). The molecule has 0 saturated carbocycles. The summed E-state index contributed by atoms with van der Waals surface area (Å²) in [6.45, 7) is 2.41. The van der Waals surface area contributed by atoms with Crippen molar-refractivity contribution in [2.75, 3.05) is 19.9 Å². The first kappa shape index (κ1) is 17.8. The summed E-state index contributed by atoms with van der Waals surface area (Å²) in [4.78, 5) is 15.1. The molecule has 2 aromatic carbocycles. The van der Waals surface area contributed by atoms with Gasteiger partial charge in [0.15, 0.2) is 11.5 Å². The summed E-state index contributed by atoms with van der Waals surface area (Å²) in [5, 5.41) is 3.06. The number of nitrogens with one attached hydrogen (secondary N) is 1. The number of benzene rings is 2. The Morgan fingerprint density at radius 2 is 1.90 bits per heavy atom. The van der Waals surface area contributed by atoms with Crippen molar-refractivity contribution in [2.45, 2.75) is 19.0 Å². The Balaban J connectivity index is 1.32. The van der Waals surface area contributed by atoms with Gasteiger partial charge in [-0.25, -0.2) is 0 Å². The second-order valence-electron chi connectivity index (χ2n) is 7.30. The molecule has 0 saturated heterocycles. The zero-order chi connectivity index (χ0) is 19.6. The van der Waals surface area contributed by atoms with E-state index in [1.54, 1.807) is 24.5 Å². The quantitative estimate of drug-likeness (QED) is 0.722. The van der Waals surface area contributed by atoms with Gasteiger partial charge in [-0.3, -0.25) is 9.69 Å². The number of rotatable bonds is 5. The largest absolute Gasteiger partial charge is 0.468 e. The molecule has 3 heterocycles. The molecule has 1 aromatic heterocycles. The van der Waals surface area contributed by atoms with Crippen molar-refractivity contribution >= 4 is 5.91 Å². The molecule has 0 spiro atoms. The normalized spacial score (nSPS) is 16.3. The van der Waals surface area contributed by atoms with E-state index >= 15 is 0 Å². The Bertz CT molecular complexity index is 1020. The van der Waals surface area contributed by atoms with Gasteiger partial charge in [-0.05, 0) is 47.9 Å². The highest BCUT2D eigenvalue weighted by Crippen LogP contribution is 2.32. The lowest BCUT2D eigenvalue weighted by atomic mass is 9.98. The van der Waals surface area contributed by atoms with E-state index in [1.807, 2.05) is 12.1 Å². The molecule has 1 atom stereocenters. The molecule has 0 radical (unpaired) electrons. The number of amides is 1. The highest BCUT2D eigenvalue weighted by atomic mass is 16.7. The van der Waals surface area contributed by atoms with Gasteiger partial charge in [0.1, 0.15) is 5.76 Å². The molecule has 0 aliphatic carbocycles. The van der Waals surface area contributed by atoms with Crippen molar-refractivity contribution in [1.29, 1.82) is 0 Å². The van der Waals surface area contributed by atoms with Crippen molar-refractivity contribution < 1.29 is 18.7 Å². The van der Waals surface area contributed by atoms with Crippen molar-refractivity contribution in [3.63, 3.8) is 0 Å². The Kier molecular flexibility index (Phi) is 4.69. The van der Waals surface area contributed by atoms with Crippen LogP contribution in [0.4, 0.5) is 0 Å². The molecule has 148 valence electrons. The van der Waals surface area contributed by atoms with E-state index in [-0.39, 0.29) is 18.7 Å². The number of nitrogens with zero attached hydrogens (tertiary/aromatic N) is 1. The van der Waals surface area contributed by atoms with Crippen LogP contribution in [0.3, 0.4) is 0 Å². The molecule has 6 nitrogen and oxygen atoms in total. The lowest BCUT2D eigenvalue weighted by molar-refractivity contribution is 0.0918. The zero-order valence-electron chi connectivity index (χ0n) is 16.0. The maximum absolute atomic E-state index is 12.7. The summed E-state index contributed by atoms with van der Waals surface area (Å²) >= 11 is 0. The van der Waals surface area contributed by atoms with Crippen LogP contribution in [0.5, 0.6) is 11.5 Å². The van der Waals surface area contributed by atoms with Crippen LogP contribution in [-0.4, -0.2) is 30.7 Å². The van der Waals surface area contributed by atoms with E-state index in [4.69, 9.17) is 13.9 Å². The molecular formula is C23H22N2O4. The maximum Gasteiger partial charge on any atom is 0.251 e. The summed E-state index contributed by atoms with van der Waals surface area (Å²) in [6, 6.07) is 17.6. The standard InChI is InChI=1S/C23H22N2O4/c26-23(17-7-8-21-22(12-17)29-15-28-21)24-13-19(20-6-3-11-27-20)25-10-9-16-4-1-2-5-18(16)14-25/h1-8,11-12,19H,9-10,13-15H2,(H,24,26)/t19-/m1/s1. The first-order valence-electron chi connectivity index (χ1n) is 9.80. The molecule has 3 aromatic rings. The molecule has 1 N–H and O–H groups in total. The Morgan fingerprint density at radius 3 is 2.76 bits per heavy atom. The van der Waals surface area contributed by atoms with Gasteiger partial charge >= 0.3 is 0 Å². The number of hydrogen-bond donors (Lipinski definition) is 1. The van der Waals surface area contributed by atoms with Crippen LogP contribution < -0.4 is 14.8 Å². The Morgan fingerprint density at radius 1 is 1.03 bits per heavy atom. The summed E-state index contributed by atoms with van der Waals surface area (Å²) in [7, 11) is 0. The van der Waals surface area contributed by atoms with Crippen molar-refractivity contribution in [2.24, 2.45) is 0 Å². The van der Waals surface area contributed by atoms with E-state index < -0.39 is 0 Å². The van der Waals surface area contributed by atoms with Gasteiger partial charge in [0.25, 0.3) is 5.91 Å². The predicted octanol–water partition coefficient (Wildman–Crippen LogP) is 3.54. The minimum Gasteiger partial charge on any atom is -0.468 e. The third-order valence-corrected chi connectivity index (χ3v) is 5.56. The van der Waals surface area contributed by atoms with Crippen LogP contribution >= 0.6 is 0 Å². The number of ether oxygens (including phenoxy) is 2. The summed E-state index contributed by atoms with van der Waals surface area (Å²) in [5.74, 6) is 1.99. The number of furan rings is 1. The SMILES string of the molecule is O=C(NC[C@H](c1ccco1)N1CCc2ccccc2C1)c1ccc2c(c1)OCO2. The van der Waals surface area contributed by atoms with Crippen LogP contribution in [-0.2, 0) is 13.0 Å². The van der Waals surface area contributed by atoms with Crippen LogP contribution in [0, 0.1) is 0 Å². The van der Waals surface area contributed by atoms with E-state index in [1.165, 1.54) is 11.1 Å². The van der Waals surface area contributed by atoms with Gasteiger partial charge in [-0.1, -0.05) is 24.3 Å². The number of fused-ring (bicyclic) bond motifs is 2. The number of carbonyl (C=O) groups is 1. The fourth-order valence-corrected chi connectivity index (χ4v) is 4.00. The molecule has 1 amide bonds. The highest BCUT2D eigenvalue weighted by Gasteiger charge is 2.27. The first-order chi connectivity index (χ1) is 14.3. The van der Waals surface area contributed by atoms with E-state index in [2.05, 4.69) is 34.5 Å². The van der Waals surface area contributed by atoms with E-state index in [0.717, 1.165) is 25.3 Å². The van der Waals surface area contributed by atoms with Gasteiger partial charge in [-0.15, -0.1) is 0 Å². The molecule has 29 heavy (non-hydrogen) atoms. The van der Waals surface area contributed by atoms with E-state index in [0.29, 0.717) is 23.6 Å². The topological polar surface area (TPSA) is 63.9 Å². The van der Waals surface area contributed by atoms with Crippen molar-refractivity contribution in [3.8, 4) is 11.5 Å². The third-order valence-electron chi connectivity index (χ3n) is 5.56. The first-order valence-corrected chi connectivity index (χ1v) is 9.80. The molecule has 6 heteroatoms. The van der Waals surface area contributed by atoms with Crippen molar-refractivity contribution in [1.82, 2.24) is 10.2 Å². The molecule has 0 bridgehead atoms. The third kappa shape index (κ3) is 3.59. The second kappa shape index (κ2) is 7.64. The average Bonchev–Trinajstić information content (AvgIpc) is 3.45. The second-order valence-corrected chi connectivity index (χ2v) is 7.30. The smallest absolute Gasteiger partial charge is 0.251 e. The van der Waals surface area contributed by atoms with Gasteiger partial charge in [0, 0.05) is 25.2 Å². The minimum atomic E-state index is -0.141. The average molecular weight is 390 g/mol. The summed E-state index contributed by atoms with van der Waals surface area (Å²) < 4.78 is 16.4. The molecular weight excluding hydrogens is 368 g/mol. The number of hydrogen-bond acceptors (Lipinski definition) is 5. The van der Waals surface area contributed by atoms with Gasteiger partial charge < -0.3 is 19.2 Å². The summed E-state index contributed by atoms with van der Waals surface area (Å²) in [5.41, 5.74) is 3.28. The van der Waals surface area contributed by atoms with Crippen LogP contribution in [0.25, 0.3) is 0 Å². The molecule has 0 unspecified atom stereocenters. The van der Waals surface area contributed by atoms with E-state index in [9.17, 15) is 4.79 Å². The van der Waals surface area contributed by atoms with Crippen LogP contribution in [0.1, 0.15) is 33.3 Å². The molecule has 2 aliphatic rings. The highest BCUT2D eigenvalue weighted by molar-refractivity contribution is 5.94. The molecule has 2 aliphatic heterocycles.